The zero-order chi connectivity index (χ0) is 20.5. The van der Waals surface area contributed by atoms with Gasteiger partial charge in [-0.1, -0.05) is 59.7 Å². The molecule has 3 unspecified atom stereocenters. The number of aliphatic hydroxyl groups is 6. The van der Waals surface area contributed by atoms with E-state index in [1.165, 1.54) is 0 Å². The Balaban J connectivity index is 1.94. The zero-order valence-corrected chi connectivity index (χ0v) is 15.8. The quantitative estimate of drug-likeness (QED) is 0.444. The average molecular weight is 386 g/mol. The van der Waals surface area contributed by atoms with Gasteiger partial charge in [-0.05, 0) is 25.0 Å². The van der Waals surface area contributed by atoms with E-state index >= 15 is 0 Å². The lowest BCUT2D eigenvalue weighted by molar-refractivity contribution is -0.285. The van der Waals surface area contributed by atoms with Crippen molar-refractivity contribution in [2.45, 2.75) is 54.7 Å². The van der Waals surface area contributed by atoms with Gasteiger partial charge in [0.1, 0.15) is 29.0 Å². The summed E-state index contributed by atoms with van der Waals surface area (Å²) in [7, 11) is 0. The van der Waals surface area contributed by atoms with E-state index in [1.54, 1.807) is 36.4 Å². The zero-order valence-electron chi connectivity index (χ0n) is 15.8. The second-order valence-corrected chi connectivity index (χ2v) is 8.33. The minimum Gasteiger partial charge on any atom is -0.394 e. The van der Waals surface area contributed by atoms with Gasteiger partial charge in [-0.15, -0.1) is 0 Å². The Kier molecular flexibility index (Phi) is 4.25. The summed E-state index contributed by atoms with van der Waals surface area (Å²) in [5.41, 5.74) is -3.54. The molecule has 0 aromatic heterocycles. The first-order valence-corrected chi connectivity index (χ1v) is 9.40. The fourth-order valence-corrected chi connectivity index (χ4v) is 5.44. The predicted octanol–water partition coefficient (Wildman–Crippen LogP) is 0.105. The molecule has 0 amide bonds. The Hall–Kier alpha value is -1.80. The van der Waals surface area contributed by atoms with Gasteiger partial charge in [-0.3, -0.25) is 0 Å². The first-order chi connectivity index (χ1) is 13.1. The molecular formula is C22H26O6. The van der Waals surface area contributed by atoms with Crippen LogP contribution in [0, 0.1) is 13.8 Å². The molecule has 2 aromatic rings. The Bertz CT molecular complexity index is 881. The Labute approximate surface area is 163 Å². The summed E-state index contributed by atoms with van der Waals surface area (Å²) in [4.78, 5) is 0. The van der Waals surface area contributed by atoms with Crippen molar-refractivity contribution in [3.63, 3.8) is 0 Å². The van der Waals surface area contributed by atoms with Crippen molar-refractivity contribution in [1.82, 2.24) is 0 Å². The number of hydrogen-bond donors (Lipinski definition) is 6. The number of fused-ring (bicyclic) bond motifs is 1. The van der Waals surface area contributed by atoms with E-state index in [1.807, 2.05) is 26.0 Å². The van der Waals surface area contributed by atoms with E-state index in [-0.39, 0.29) is 0 Å². The summed E-state index contributed by atoms with van der Waals surface area (Å²) >= 11 is 0. The fraction of sp³-hybridized carbons (Fsp3) is 0.455. The molecule has 0 heterocycles. The van der Waals surface area contributed by atoms with Crippen LogP contribution in [0.2, 0.25) is 0 Å². The van der Waals surface area contributed by atoms with E-state index in [4.69, 9.17) is 0 Å². The number of aliphatic hydroxyl groups excluding tert-OH is 3. The minimum absolute atomic E-state index is 0.465. The molecule has 3 aliphatic rings. The lowest BCUT2D eigenvalue weighted by Crippen LogP contribution is -2.75. The number of rotatable bonds is 4. The van der Waals surface area contributed by atoms with E-state index in [0.717, 1.165) is 11.1 Å². The van der Waals surface area contributed by atoms with Crippen molar-refractivity contribution in [3.8, 4) is 0 Å². The lowest BCUT2D eigenvalue weighted by atomic mass is 9.57. The molecule has 2 bridgehead atoms. The molecule has 6 heteroatoms. The molecule has 3 fully saturated rings. The van der Waals surface area contributed by atoms with Gasteiger partial charge in [-0.2, -0.15) is 0 Å². The summed E-state index contributed by atoms with van der Waals surface area (Å²) in [6.07, 6.45) is -3.45. The van der Waals surface area contributed by atoms with E-state index < -0.39 is 47.5 Å². The first-order valence-electron chi connectivity index (χ1n) is 9.40. The maximum atomic E-state index is 11.6. The van der Waals surface area contributed by atoms with Crippen LogP contribution >= 0.6 is 0 Å². The molecule has 28 heavy (non-hydrogen) atoms. The number of benzene rings is 2. The van der Waals surface area contributed by atoms with Crippen LogP contribution in [0.25, 0.3) is 0 Å². The third-order valence-electron chi connectivity index (χ3n) is 6.80. The van der Waals surface area contributed by atoms with Crippen LogP contribution in [0.4, 0.5) is 0 Å². The Morgan fingerprint density at radius 2 is 1.25 bits per heavy atom. The van der Waals surface area contributed by atoms with Crippen molar-refractivity contribution in [2.75, 3.05) is 6.61 Å². The number of aryl methyl sites for hydroxylation is 2. The summed E-state index contributed by atoms with van der Waals surface area (Å²) in [5.74, 6) is -2.23. The number of hydrogen-bond acceptors (Lipinski definition) is 6. The van der Waals surface area contributed by atoms with Crippen molar-refractivity contribution in [2.24, 2.45) is 0 Å². The lowest BCUT2D eigenvalue weighted by Gasteiger charge is -2.56. The highest BCUT2D eigenvalue weighted by atomic mass is 16.4. The molecular weight excluding hydrogens is 360 g/mol. The molecule has 0 radical (unpaired) electrons. The maximum absolute atomic E-state index is 11.6. The van der Waals surface area contributed by atoms with Crippen LogP contribution in [0.1, 0.15) is 34.1 Å². The fourth-order valence-electron chi connectivity index (χ4n) is 5.44. The minimum atomic E-state index is -2.35. The monoisotopic (exact) mass is 386 g/mol. The molecule has 0 aliphatic heterocycles. The van der Waals surface area contributed by atoms with Crippen molar-refractivity contribution in [3.05, 3.63) is 70.8 Å². The average Bonchev–Trinajstić information content (AvgIpc) is 2.94. The summed E-state index contributed by atoms with van der Waals surface area (Å²) < 4.78 is 0. The normalized spacial score (nSPS) is 40.2. The van der Waals surface area contributed by atoms with Crippen LogP contribution in [-0.2, 0) is 0 Å². The second kappa shape index (κ2) is 6.10. The molecule has 0 spiro atoms. The highest BCUT2D eigenvalue weighted by Crippen LogP contribution is 2.74. The van der Waals surface area contributed by atoms with Crippen LogP contribution in [0.3, 0.4) is 0 Å². The molecule has 2 aromatic carbocycles. The summed E-state index contributed by atoms with van der Waals surface area (Å²) in [6, 6.07) is 14.0. The smallest absolute Gasteiger partial charge is 0.135 e. The van der Waals surface area contributed by atoms with Crippen LogP contribution in [-0.4, -0.2) is 66.3 Å². The molecule has 6 N–H and O–H groups in total. The van der Waals surface area contributed by atoms with Gasteiger partial charge >= 0.3 is 0 Å². The van der Waals surface area contributed by atoms with E-state index in [0.29, 0.717) is 11.1 Å². The van der Waals surface area contributed by atoms with Gasteiger partial charge in [0, 0.05) is 0 Å². The molecule has 150 valence electrons. The molecule has 0 saturated heterocycles. The van der Waals surface area contributed by atoms with Gasteiger partial charge in [0.2, 0.25) is 0 Å². The standard InChI is InChI=1S/C22H26O6/c1-12-3-7-14(8-4-12)17-20(26)18(15-9-5-13(2)6-10-15)22(28,19(20)25)21(17,27)16(24)11-23/h3-10,16-19,23-28H,11H2,1-2H3/t16-,17?,18?,19+,20?,21+,22-/m1/s1. The molecule has 3 saturated carbocycles. The Morgan fingerprint density at radius 1 is 0.821 bits per heavy atom. The van der Waals surface area contributed by atoms with E-state index in [9.17, 15) is 30.6 Å². The van der Waals surface area contributed by atoms with Crippen LogP contribution < -0.4 is 0 Å². The van der Waals surface area contributed by atoms with Gasteiger partial charge in [0.15, 0.2) is 0 Å². The van der Waals surface area contributed by atoms with E-state index in [2.05, 4.69) is 0 Å². The summed E-state index contributed by atoms with van der Waals surface area (Å²) in [5, 5.41) is 65.5. The molecule has 6 nitrogen and oxygen atoms in total. The van der Waals surface area contributed by atoms with Crippen molar-refractivity contribution < 1.29 is 30.6 Å². The van der Waals surface area contributed by atoms with Crippen LogP contribution in [0.5, 0.6) is 0 Å². The Morgan fingerprint density at radius 3 is 1.68 bits per heavy atom. The van der Waals surface area contributed by atoms with Crippen molar-refractivity contribution >= 4 is 0 Å². The largest absolute Gasteiger partial charge is 0.394 e. The highest BCUT2D eigenvalue weighted by Gasteiger charge is 2.91. The third-order valence-corrected chi connectivity index (χ3v) is 6.80. The topological polar surface area (TPSA) is 121 Å². The third kappa shape index (κ3) is 2.08. The summed E-state index contributed by atoms with van der Waals surface area (Å²) in [6.45, 7) is 2.96. The van der Waals surface area contributed by atoms with Gasteiger partial charge in [0.05, 0.1) is 18.4 Å². The molecule has 3 aliphatic carbocycles. The van der Waals surface area contributed by atoms with Gasteiger partial charge in [-0.25, -0.2) is 0 Å². The SMILES string of the molecule is Cc1ccc(C2C3(O)C(c4ccc(C)cc4)[C@@](O)([C@H]3O)[C@]2(O)[C@H](O)CO)cc1. The van der Waals surface area contributed by atoms with Crippen molar-refractivity contribution in [1.29, 1.82) is 0 Å². The first kappa shape index (κ1) is 19.5. The van der Waals surface area contributed by atoms with Crippen LogP contribution in [0.15, 0.2) is 48.5 Å². The predicted molar refractivity (Wildman–Crippen MR) is 102 cm³/mol. The maximum Gasteiger partial charge on any atom is 0.135 e. The second-order valence-electron chi connectivity index (χ2n) is 8.33. The van der Waals surface area contributed by atoms with Gasteiger partial charge in [0.25, 0.3) is 0 Å². The molecule has 5 rings (SSSR count). The van der Waals surface area contributed by atoms with Gasteiger partial charge < -0.3 is 30.6 Å². The molecule has 7 atom stereocenters. The highest BCUT2D eigenvalue weighted by molar-refractivity contribution is 5.54.